The number of rotatable bonds is 17. The van der Waals surface area contributed by atoms with Crippen LogP contribution < -0.4 is 20.8 Å². The van der Waals surface area contributed by atoms with Gasteiger partial charge >= 0.3 is 0 Å². The van der Waals surface area contributed by atoms with Crippen molar-refractivity contribution in [3.05, 3.63) is 59.7 Å². The third kappa shape index (κ3) is 11.2. The molecule has 1 aliphatic carbocycles. The molecular formula is C30H40N4O7S. The highest BCUT2D eigenvalue weighted by molar-refractivity contribution is 7.86. The van der Waals surface area contributed by atoms with Crippen molar-refractivity contribution in [2.45, 2.75) is 45.1 Å². The van der Waals surface area contributed by atoms with E-state index in [1.807, 2.05) is 43.3 Å². The zero-order valence-corrected chi connectivity index (χ0v) is 25.0. The van der Waals surface area contributed by atoms with E-state index in [0.29, 0.717) is 31.0 Å². The first-order chi connectivity index (χ1) is 20.1. The van der Waals surface area contributed by atoms with Gasteiger partial charge in [0.15, 0.2) is 0 Å². The lowest BCUT2D eigenvalue weighted by Crippen LogP contribution is -2.36. The van der Waals surface area contributed by atoms with Gasteiger partial charge in [0.25, 0.3) is 10.1 Å². The summed E-state index contributed by atoms with van der Waals surface area (Å²) >= 11 is 0. The summed E-state index contributed by atoms with van der Waals surface area (Å²) in [6, 6.07) is 14.9. The van der Waals surface area contributed by atoms with Gasteiger partial charge in [0.05, 0.1) is 18.6 Å². The first kappa shape index (κ1) is 31.6. The monoisotopic (exact) mass is 600 g/mol. The third-order valence-corrected chi connectivity index (χ3v) is 7.50. The van der Waals surface area contributed by atoms with Crippen molar-refractivity contribution in [1.29, 1.82) is 0 Å². The highest BCUT2D eigenvalue weighted by Gasteiger charge is 2.22. The Kier molecular flexibility index (Phi) is 11.5. The van der Waals surface area contributed by atoms with E-state index >= 15 is 0 Å². The normalized spacial score (nSPS) is 17.7. The summed E-state index contributed by atoms with van der Waals surface area (Å²) in [5.41, 5.74) is 5.96. The molecule has 3 N–H and O–H groups in total. The van der Waals surface area contributed by atoms with Crippen LogP contribution in [0.3, 0.4) is 0 Å². The number of benzene rings is 2. The average molecular weight is 601 g/mol. The largest absolute Gasteiger partial charge is 0.491 e. The van der Waals surface area contributed by atoms with Crippen LogP contribution in [-0.2, 0) is 35.0 Å². The summed E-state index contributed by atoms with van der Waals surface area (Å²) < 4.78 is 40.2. The Morgan fingerprint density at radius 2 is 1.86 bits per heavy atom. The molecule has 0 saturated heterocycles. The lowest BCUT2D eigenvalue weighted by Gasteiger charge is -2.19. The van der Waals surface area contributed by atoms with Crippen molar-refractivity contribution in [1.82, 2.24) is 10.7 Å². The molecule has 11 nitrogen and oxygen atoms in total. The van der Waals surface area contributed by atoms with Gasteiger partial charge in [0, 0.05) is 44.1 Å². The Balaban J connectivity index is 1.16. The maximum Gasteiger partial charge on any atom is 0.264 e. The number of ether oxygens (including phenoxy) is 2. The minimum absolute atomic E-state index is 0.0123. The molecule has 0 spiro atoms. The number of amides is 2. The van der Waals surface area contributed by atoms with Crippen molar-refractivity contribution < 1.29 is 31.7 Å². The van der Waals surface area contributed by atoms with E-state index < -0.39 is 16.2 Å². The number of nitrogens with one attached hydrogen (secondary N) is 3. The molecule has 0 radical (unpaired) electrons. The summed E-state index contributed by atoms with van der Waals surface area (Å²) in [5, 5.41) is 10.1. The molecular weight excluding hydrogens is 560 g/mol. The second-order valence-corrected chi connectivity index (χ2v) is 12.5. The molecule has 0 bridgehead atoms. The molecule has 2 aromatic rings. The molecule has 4 rings (SSSR count). The van der Waals surface area contributed by atoms with Gasteiger partial charge in [-0.3, -0.25) is 13.8 Å². The van der Waals surface area contributed by atoms with Crippen LogP contribution in [0.4, 0.5) is 5.69 Å². The van der Waals surface area contributed by atoms with E-state index in [0.717, 1.165) is 42.0 Å². The second kappa shape index (κ2) is 15.2. The maximum absolute atomic E-state index is 12.4. The van der Waals surface area contributed by atoms with E-state index in [-0.39, 0.29) is 37.3 Å². The number of carbonyl (C=O) groups excluding carboxylic acids is 2. The molecule has 228 valence electrons. The van der Waals surface area contributed by atoms with Crippen LogP contribution >= 0.6 is 0 Å². The molecule has 2 unspecified atom stereocenters. The predicted molar refractivity (Wildman–Crippen MR) is 160 cm³/mol. The van der Waals surface area contributed by atoms with Crippen LogP contribution in [0.15, 0.2) is 53.6 Å². The predicted octanol–water partition coefficient (Wildman–Crippen LogP) is 2.86. The number of carbonyl (C=O) groups is 2. The Morgan fingerprint density at radius 1 is 1.12 bits per heavy atom. The molecule has 1 saturated carbocycles. The van der Waals surface area contributed by atoms with E-state index in [1.165, 1.54) is 12.8 Å². The van der Waals surface area contributed by atoms with Gasteiger partial charge in [-0.15, -0.1) is 0 Å². The highest BCUT2D eigenvalue weighted by Crippen LogP contribution is 2.28. The molecule has 2 atom stereocenters. The van der Waals surface area contributed by atoms with Crippen molar-refractivity contribution in [3.63, 3.8) is 0 Å². The minimum Gasteiger partial charge on any atom is -0.491 e. The van der Waals surface area contributed by atoms with Crippen LogP contribution in [0.2, 0.25) is 0 Å². The van der Waals surface area contributed by atoms with Crippen LogP contribution in [-0.4, -0.2) is 71.2 Å². The molecule has 2 aromatic carbocycles. The number of hydrogen-bond acceptors (Lipinski definition) is 9. The van der Waals surface area contributed by atoms with Gasteiger partial charge in [-0.1, -0.05) is 31.2 Å². The van der Waals surface area contributed by atoms with Gasteiger partial charge in [0.2, 0.25) is 11.8 Å². The van der Waals surface area contributed by atoms with E-state index in [1.54, 1.807) is 12.1 Å². The van der Waals surface area contributed by atoms with Crippen LogP contribution in [0.5, 0.6) is 5.75 Å². The topological polar surface area (TPSA) is 144 Å². The van der Waals surface area contributed by atoms with Gasteiger partial charge in [-0.05, 0) is 60.6 Å². The first-order valence-electron chi connectivity index (χ1n) is 14.3. The van der Waals surface area contributed by atoms with E-state index in [9.17, 15) is 18.0 Å². The lowest BCUT2D eigenvalue weighted by atomic mass is 9.94. The Hall–Kier alpha value is -3.32. The summed E-state index contributed by atoms with van der Waals surface area (Å²) in [5.74, 6) is 1.08. The van der Waals surface area contributed by atoms with Crippen molar-refractivity contribution >= 4 is 33.3 Å². The highest BCUT2D eigenvalue weighted by atomic mass is 32.2. The van der Waals surface area contributed by atoms with Gasteiger partial charge in [-0.25, -0.2) is 5.43 Å². The van der Waals surface area contributed by atoms with Gasteiger partial charge in [0.1, 0.15) is 18.5 Å². The molecule has 42 heavy (non-hydrogen) atoms. The molecule has 1 fully saturated rings. The summed E-state index contributed by atoms with van der Waals surface area (Å²) in [6.07, 6.45) is 4.17. The average Bonchev–Trinajstić information content (AvgIpc) is 3.77. The minimum atomic E-state index is -3.70. The quantitative estimate of drug-likeness (QED) is 0.186. The van der Waals surface area contributed by atoms with Crippen molar-refractivity contribution in [2.24, 2.45) is 16.9 Å². The fourth-order valence-electron chi connectivity index (χ4n) is 4.45. The molecule has 0 aromatic heterocycles. The van der Waals surface area contributed by atoms with E-state index in [4.69, 9.17) is 13.7 Å². The summed E-state index contributed by atoms with van der Waals surface area (Å²) in [7, 11) is -3.70. The van der Waals surface area contributed by atoms with Crippen LogP contribution in [0, 0.1) is 11.8 Å². The Labute approximate surface area is 247 Å². The van der Waals surface area contributed by atoms with Gasteiger partial charge in [-0.2, -0.15) is 13.5 Å². The lowest BCUT2D eigenvalue weighted by molar-refractivity contribution is -0.122. The number of hydrazone groups is 1. The van der Waals surface area contributed by atoms with E-state index in [2.05, 4.69) is 21.2 Å². The van der Waals surface area contributed by atoms with Crippen molar-refractivity contribution in [3.8, 4) is 5.75 Å². The zero-order chi connectivity index (χ0) is 30.0. The fraction of sp³-hybridized carbons (Fsp3) is 0.500. The molecule has 1 aliphatic heterocycles. The number of nitrogens with zero attached hydrogens (tertiary/aromatic N) is 1. The molecule has 1 heterocycles. The summed E-state index contributed by atoms with van der Waals surface area (Å²) in [6.45, 7) is 4.00. The van der Waals surface area contributed by atoms with Crippen LogP contribution in [0.25, 0.3) is 0 Å². The Bertz CT molecular complexity index is 1330. The smallest absolute Gasteiger partial charge is 0.264 e. The standard InChI is InChI=1S/C30H40N4O7S/c1-21-17-29(36)33-34-30(21)24-7-9-25(10-8-24)32-28(35)13-15-31-18-27(41-42(2,37)38)20-40-26-11-5-22(6-12-26)14-16-39-19-23-3-4-23/h5-12,21,23,27,31H,3-4,13-20H2,1-2H3,(H,32,35)(H,33,36). The zero-order valence-electron chi connectivity index (χ0n) is 24.1. The van der Waals surface area contributed by atoms with Crippen molar-refractivity contribution in [2.75, 3.05) is 44.5 Å². The SMILES string of the molecule is CC1CC(=O)NN=C1c1ccc(NC(=O)CCNCC(COc2ccc(CCOCC3CC3)cc2)OS(C)(=O)=O)cc1. The number of hydrogen-bond donors (Lipinski definition) is 3. The molecule has 2 aliphatic rings. The second-order valence-electron chi connectivity index (χ2n) is 10.9. The van der Waals surface area contributed by atoms with Crippen LogP contribution in [0.1, 0.15) is 43.7 Å². The first-order valence-corrected chi connectivity index (χ1v) is 16.1. The molecule has 12 heteroatoms. The van der Waals surface area contributed by atoms with Gasteiger partial charge < -0.3 is 20.1 Å². The fourth-order valence-corrected chi connectivity index (χ4v) is 5.07. The maximum atomic E-state index is 12.4. The summed E-state index contributed by atoms with van der Waals surface area (Å²) in [4.78, 5) is 23.9. The third-order valence-electron chi connectivity index (χ3n) is 6.88. The Morgan fingerprint density at radius 3 is 2.52 bits per heavy atom. The number of anilines is 1. The molecule has 2 amide bonds.